The van der Waals surface area contributed by atoms with Crippen molar-refractivity contribution in [2.75, 3.05) is 20.4 Å². The van der Waals surface area contributed by atoms with E-state index in [2.05, 4.69) is 42.3 Å². The lowest BCUT2D eigenvalue weighted by Crippen LogP contribution is -2.36. The summed E-state index contributed by atoms with van der Waals surface area (Å²) in [5.74, 6) is -0.980. The van der Waals surface area contributed by atoms with Gasteiger partial charge in [-0.2, -0.15) is 0 Å². The minimum Gasteiger partial charge on any atom is -0.493 e. The van der Waals surface area contributed by atoms with Gasteiger partial charge in [0, 0.05) is 25.1 Å². The lowest BCUT2D eigenvalue weighted by molar-refractivity contribution is -0.149. The van der Waals surface area contributed by atoms with Crippen molar-refractivity contribution in [3.8, 4) is 11.5 Å². The second kappa shape index (κ2) is 13.8. The number of aromatic nitrogens is 1. The first-order valence-electron chi connectivity index (χ1n) is 13.0. The molecule has 1 N–H and O–H groups in total. The van der Waals surface area contributed by atoms with Crippen LogP contribution in [0.5, 0.6) is 11.5 Å². The van der Waals surface area contributed by atoms with Crippen LogP contribution in [0.15, 0.2) is 30.5 Å². The average molecular weight is 527 g/mol. The molecule has 0 aliphatic heterocycles. The number of ether oxygens (including phenoxy) is 4. The number of rotatable bonds is 11. The zero-order valence-electron chi connectivity index (χ0n) is 22.9. The molecule has 1 aliphatic rings. The predicted molar refractivity (Wildman–Crippen MR) is 141 cm³/mol. The monoisotopic (exact) mass is 526 g/mol. The summed E-state index contributed by atoms with van der Waals surface area (Å²) < 4.78 is 21.3. The van der Waals surface area contributed by atoms with Crippen molar-refractivity contribution in [2.24, 2.45) is 5.92 Å². The van der Waals surface area contributed by atoms with E-state index in [4.69, 9.17) is 18.9 Å². The highest BCUT2D eigenvalue weighted by molar-refractivity contribution is 5.97. The summed E-state index contributed by atoms with van der Waals surface area (Å²) >= 11 is 0. The number of hydrogen-bond acceptors (Lipinski definition) is 8. The molecule has 0 radical (unpaired) electrons. The molecule has 1 saturated carbocycles. The van der Waals surface area contributed by atoms with Crippen molar-refractivity contribution in [3.63, 3.8) is 0 Å². The van der Waals surface area contributed by atoms with E-state index < -0.39 is 24.6 Å². The Kier molecular flexibility index (Phi) is 10.5. The van der Waals surface area contributed by atoms with Crippen molar-refractivity contribution in [1.29, 1.82) is 0 Å². The summed E-state index contributed by atoms with van der Waals surface area (Å²) in [6.45, 7) is 6.59. The molecule has 3 rings (SSSR count). The summed E-state index contributed by atoms with van der Waals surface area (Å²) in [6, 6.07) is 7.94. The number of pyridine rings is 1. The second-order valence-electron chi connectivity index (χ2n) is 9.75. The standard InChI is InChI=1S/C29H38N2O7/c1-18-11-12-23(19(2)15-18)26(22-9-7-6-8-10-22)20(3)38-25(33)16-31-29(34)27-28(37-17-36-21(4)32)24(35-5)13-14-30-27/h11-15,20,22,26H,6-10,16-17H2,1-5H3,(H,31,34). The van der Waals surface area contributed by atoms with E-state index in [1.54, 1.807) is 0 Å². The van der Waals surface area contributed by atoms with Crippen LogP contribution in [0.4, 0.5) is 0 Å². The molecule has 9 nitrogen and oxygen atoms in total. The van der Waals surface area contributed by atoms with Crippen LogP contribution in [0.25, 0.3) is 0 Å². The molecule has 0 saturated heterocycles. The molecule has 1 amide bonds. The van der Waals surface area contributed by atoms with Crippen molar-refractivity contribution < 1.29 is 33.3 Å². The maximum atomic E-state index is 12.9. The Morgan fingerprint density at radius 2 is 1.84 bits per heavy atom. The van der Waals surface area contributed by atoms with E-state index in [1.807, 2.05) is 6.92 Å². The molecule has 206 valence electrons. The van der Waals surface area contributed by atoms with Crippen LogP contribution in [0.1, 0.15) is 79.0 Å². The SMILES string of the molecule is COc1ccnc(C(=O)NCC(=O)OC(C)C(c2ccc(C)cc2C)C2CCCCC2)c1OCOC(C)=O. The maximum absolute atomic E-state index is 12.9. The summed E-state index contributed by atoms with van der Waals surface area (Å²) in [6.07, 6.45) is 6.83. The van der Waals surface area contributed by atoms with Gasteiger partial charge >= 0.3 is 11.9 Å². The lowest BCUT2D eigenvalue weighted by atomic mass is 9.73. The van der Waals surface area contributed by atoms with E-state index in [-0.39, 0.29) is 35.8 Å². The Morgan fingerprint density at radius 3 is 2.50 bits per heavy atom. The fourth-order valence-corrected chi connectivity index (χ4v) is 5.21. The number of amides is 1. The minimum atomic E-state index is -0.649. The van der Waals surface area contributed by atoms with Crippen LogP contribution in [0.2, 0.25) is 0 Å². The van der Waals surface area contributed by atoms with Gasteiger partial charge in [-0.15, -0.1) is 0 Å². The molecule has 1 aliphatic carbocycles. The minimum absolute atomic E-state index is 0.00249. The van der Waals surface area contributed by atoms with Crippen molar-refractivity contribution in [1.82, 2.24) is 10.3 Å². The van der Waals surface area contributed by atoms with Gasteiger partial charge in [-0.3, -0.25) is 14.4 Å². The van der Waals surface area contributed by atoms with E-state index >= 15 is 0 Å². The average Bonchev–Trinajstić information content (AvgIpc) is 2.89. The molecule has 2 unspecified atom stereocenters. The third-order valence-electron chi connectivity index (χ3n) is 6.93. The first-order valence-corrected chi connectivity index (χ1v) is 13.0. The number of hydrogen-bond donors (Lipinski definition) is 1. The van der Waals surface area contributed by atoms with E-state index in [0.717, 1.165) is 12.8 Å². The maximum Gasteiger partial charge on any atom is 0.325 e. The van der Waals surface area contributed by atoms with Gasteiger partial charge in [0.05, 0.1) is 7.11 Å². The van der Waals surface area contributed by atoms with Crippen LogP contribution in [0.3, 0.4) is 0 Å². The van der Waals surface area contributed by atoms with E-state index in [0.29, 0.717) is 5.92 Å². The molecule has 0 spiro atoms. The number of methoxy groups -OCH3 is 1. The molecule has 0 bridgehead atoms. The number of carbonyl (C=O) groups excluding carboxylic acids is 3. The molecule has 1 aromatic carbocycles. The Balaban J connectivity index is 1.68. The number of benzene rings is 1. The normalized spacial score (nSPS) is 15.2. The second-order valence-corrected chi connectivity index (χ2v) is 9.75. The Hall–Kier alpha value is -3.62. The molecular formula is C29H38N2O7. The lowest BCUT2D eigenvalue weighted by Gasteiger charge is -2.35. The van der Waals surface area contributed by atoms with Gasteiger partial charge in [-0.1, -0.05) is 43.0 Å². The van der Waals surface area contributed by atoms with E-state index in [9.17, 15) is 14.4 Å². The Labute approximate surface area is 224 Å². The van der Waals surface area contributed by atoms with Gasteiger partial charge in [0.1, 0.15) is 12.6 Å². The van der Waals surface area contributed by atoms with Gasteiger partial charge in [-0.25, -0.2) is 4.98 Å². The summed E-state index contributed by atoms with van der Waals surface area (Å²) in [7, 11) is 1.41. The third-order valence-corrected chi connectivity index (χ3v) is 6.93. The van der Waals surface area contributed by atoms with Gasteiger partial charge < -0.3 is 24.3 Å². The molecular weight excluding hydrogens is 488 g/mol. The van der Waals surface area contributed by atoms with Crippen LogP contribution < -0.4 is 14.8 Å². The molecule has 1 aromatic heterocycles. The highest BCUT2D eigenvalue weighted by Crippen LogP contribution is 2.40. The third kappa shape index (κ3) is 7.69. The predicted octanol–water partition coefficient (Wildman–Crippen LogP) is 4.63. The fourth-order valence-electron chi connectivity index (χ4n) is 5.21. The largest absolute Gasteiger partial charge is 0.493 e. The summed E-state index contributed by atoms with van der Waals surface area (Å²) in [4.78, 5) is 40.8. The number of carbonyl (C=O) groups is 3. The zero-order valence-corrected chi connectivity index (χ0v) is 22.9. The first kappa shape index (κ1) is 28.9. The van der Waals surface area contributed by atoms with Gasteiger partial charge in [0.2, 0.25) is 6.79 Å². The van der Waals surface area contributed by atoms with Gasteiger partial charge in [0.25, 0.3) is 5.91 Å². The van der Waals surface area contributed by atoms with Crippen molar-refractivity contribution in [2.45, 2.75) is 71.8 Å². The number of nitrogens with zero attached hydrogens (tertiary/aromatic N) is 1. The Morgan fingerprint density at radius 1 is 1.11 bits per heavy atom. The Bertz CT molecular complexity index is 1130. The van der Waals surface area contributed by atoms with Crippen LogP contribution in [0, 0.1) is 19.8 Å². The van der Waals surface area contributed by atoms with E-state index in [1.165, 1.54) is 62.2 Å². The smallest absolute Gasteiger partial charge is 0.325 e. The summed E-state index contributed by atoms with van der Waals surface area (Å²) in [5.41, 5.74) is 3.50. The molecule has 38 heavy (non-hydrogen) atoms. The number of esters is 2. The van der Waals surface area contributed by atoms with Gasteiger partial charge in [0.15, 0.2) is 17.2 Å². The van der Waals surface area contributed by atoms with Crippen molar-refractivity contribution >= 4 is 17.8 Å². The highest BCUT2D eigenvalue weighted by Gasteiger charge is 2.33. The highest BCUT2D eigenvalue weighted by atomic mass is 16.7. The van der Waals surface area contributed by atoms with Crippen LogP contribution >= 0.6 is 0 Å². The quantitative estimate of drug-likeness (QED) is 0.333. The fraction of sp³-hybridized carbons (Fsp3) is 0.517. The van der Waals surface area contributed by atoms with Crippen molar-refractivity contribution in [3.05, 3.63) is 52.8 Å². The topological polar surface area (TPSA) is 113 Å². The molecule has 9 heteroatoms. The first-order chi connectivity index (χ1) is 18.2. The van der Waals surface area contributed by atoms with Crippen LogP contribution in [-0.4, -0.2) is 49.4 Å². The number of nitrogens with one attached hydrogen (secondary N) is 1. The van der Waals surface area contributed by atoms with Gasteiger partial charge in [-0.05, 0) is 50.7 Å². The number of aryl methyl sites for hydroxylation is 2. The summed E-state index contributed by atoms with van der Waals surface area (Å²) in [5, 5.41) is 2.55. The molecule has 2 aromatic rings. The molecule has 2 atom stereocenters. The molecule has 1 heterocycles. The van der Waals surface area contributed by atoms with Crippen LogP contribution in [-0.2, 0) is 19.1 Å². The molecule has 1 fully saturated rings. The zero-order chi connectivity index (χ0) is 27.7.